The van der Waals surface area contributed by atoms with E-state index in [1.165, 1.54) is 0 Å². The number of aromatic nitrogens is 2. The van der Waals surface area contributed by atoms with Crippen LogP contribution in [0.15, 0.2) is 23.1 Å². The minimum Gasteiger partial charge on any atom is -0.374 e. The zero-order valence-corrected chi connectivity index (χ0v) is 14.6. The van der Waals surface area contributed by atoms with Crippen molar-refractivity contribution >= 4 is 16.7 Å². The molecule has 6 heteroatoms. The molecule has 1 aliphatic rings. The van der Waals surface area contributed by atoms with E-state index in [4.69, 9.17) is 4.74 Å². The molecule has 0 saturated carbocycles. The summed E-state index contributed by atoms with van der Waals surface area (Å²) in [5, 5.41) is 7.87. The van der Waals surface area contributed by atoms with Gasteiger partial charge < -0.3 is 20.4 Å². The number of piperidine rings is 1. The number of hydrogen-bond donors (Lipinski definition) is 3. The second kappa shape index (κ2) is 7.32. The molecule has 2 aromatic rings. The van der Waals surface area contributed by atoms with Crippen molar-refractivity contribution in [2.45, 2.75) is 39.3 Å². The number of hydrogen-bond acceptors (Lipinski definition) is 5. The molecular formula is C18H26N4O2. The van der Waals surface area contributed by atoms with Crippen LogP contribution in [0.2, 0.25) is 0 Å². The Kier molecular flexibility index (Phi) is 5.16. The number of H-pyrrole nitrogens is 1. The number of aromatic amines is 1. The molecule has 0 amide bonds. The predicted molar refractivity (Wildman–Crippen MR) is 96.6 cm³/mol. The van der Waals surface area contributed by atoms with E-state index in [-0.39, 0.29) is 17.7 Å². The quantitative estimate of drug-likeness (QED) is 0.782. The predicted octanol–water partition coefficient (Wildman–Crippen LogP) is 2.05. The van der Waals surface area contributed by atoms with E-state index in [1.54, 1.807) is 6.20 Å². The molecule has 0 aliphatic carbocycles. The number of aryl methyl sites for hydroxylation is 1. The van der Waals surface area contributed by atoms with Crippen LogP contribution in [0.5, 0.6) is 0 Å². The number of rotatable bonds is 5. The minimum atomic E-state index is -0.0727. The number of nitrogens with one attached hydrogen (secondary N) is 3. The smallest absolute Gasteiger partial charge is 0.251 e. The molecule has 3 rings (SSSR count). The third kappa shape index (κ3) is 3.76. The molecule has 0 unspecified atom stereocenters. The summed E-state index contributed by atoms with van der Waals surface area (Å²) in [6, 6.07) is 3.99. The van der Waals surface area contributed by atoms with Crippen LogP contribution in [0.1, 0.15) is 25.8 Å². The van der Waals surface area contributed by atoms with Crippen LogP contribution in [-0.4, -0.2) is 41.8 Å². The highest BCUT2D eigenvalue weighted by molar-refractivity contribution is 5.88. The molecule has 0 aromatic carbocycles. The monoisotopic (exact) mass is 330 g/mol. The van der Waals surface area contributed by atoms with Crippen molar-refractivity contribution in [3.05, 3.63) is 34.2 Å². The standard InChI is InChI=1S/C18H26N4O2/c1-11(2)10-24-15-9-19-6-5-14(15)21-17-16-13(4-7-20-17)8-12(3)18(23)22-16/h4,7-8,11,14-15,19H,5-6,9-10H2,1-3H3,(H,20,21)(H,22,23)/t14-,15-/m1/s1. The average Bonchev–Trinajstić information content (AvgIpc) is 2.56. The topological polar surface area (TPSA) is 79.0 Å². The Morgan fingerprint density at radius 3 is 3.08 bits per heavy atom. The third-order valence-electron chi connectivity index (χ3n) is 4.34. The van der Waals surface area contributed by atoms with Gasteiger partial charge in [0.2, 0.25) is 0 Å². The maximum atomic E-state index is 12.0. The Balaban J connectivity index is 1.84. The first-order valence-corrected chi connectivity index (χ1v) is 8.62. The fraction of sp³-hybridized carbons (Fsp3) is 0.556. The van der Waals surface area contributed by atoms with E-state index >= 15 is 0 Å². The van der Waals surface area contributed by atoms with E-state index in [0.29, 0.717) is 11.5 Å². The first-order chi connectivity index (χ1) is 11.5. The molecule has 6 nitrogen and oxygen atoms in total. The molecular weight excluding hydrogens is 304 g/mol. The average molecular weight is 330 g/mol. The summed E-state index contributed by atoms with van der Waals surface area (Å²) in [7, 11) is 0. The van der Waals surface area contributed by atoms with Gasteiger partial charge in [0.05, 0.1) is 17.7 Å². The van der Waals surface area contributed by atoms with Crippen molar-refractivity contribution in [3.8, 4) is 0 Å². The summed E-state index contributed by atoms with van der Waals surface area (Å²) in [5.41, 5.74) is 1.39. The second-order valence-electron chi connectivity index (χ2n) is 6.91. The van der Waals surface area contributed by atoms with Gasteiger partial charge in [0, 0.05) is 30.3 Å². The van der Waals surface area contributed by atoms with Gasteiger partial charge in [-0.3, -0.25) is 4.79 Å². The number of anilines is 1. The molecule has 3 heterocycles. The maximum absolute atomic E-state index is 12.0. The summed E-state index contributed by atoms with van der Waals surface area (Å²) in [6.45, 7) is 8.62. The molecule has 3 N–H and O–H groups in total. The van der Waals surface area contributed by atoms with E-state index < -0.39 is 0 Å². The molecule has 2 aromatic heterocycles. The molecule has 130 valence electrons. The number of ether oxygens (including phenoxy) is 1. The number of nitrogens with zero attached hydrogens (tertiary/aromatic N) is 1. The van der Waals surface area contributed by atoms with Crippen molar-refractivity contribution in [1.82, 2.24) is 15.3 Å². The SMILES string of the molecule is Cc1cc2ccnc(N[C@@H]3CCNC[C@H]3OCC(C)C)c2[nH]c1=O. The first-order valence-electron chi connectivity index (χ1n) is 8.62. The lowest BCUT2D eigenvalue weighted by atomic mass is 10.0. The van der Waals surface area contributed by atoms with Crippen LogP contribution >= 0.6 is 0 Å². The number of fused-ring (bicyclic) bond motifs is 1. The van der Waals surface area contributed by atoms with Gasteiger partial charge >= 0.3 is 0 Å². The minimum absolute atomic E-state index is 0.0727. The zero-order valence-electron chi connectivity index (χ0n) is 14.6. The maximum Gasteiger partial charge on any atom is 0.251 e. The third-order valence-corrected chi connectivity index (χ3v) is 4.34. The van der Waals surface area contributed by atoms with Crippen LogP contribution in [0.25, 0.3) is 10.9 Å². The van der Waals surface area contributed by atoms with Crippen LogP contribution in [0, 0.1) is 12.8 Å². The van der Waals surface area contributed by atoms with E-state index in [9.17, 15) is 4.79 Å². The summed E-state index contributed by atoms with van der Waals surface area (Å²) in [4.78, 5) is 19.4. The van der Waals surface area contributed by atoms with Gasteiger partial charge in [-0.1, -0.05) is 13.8 Å². The van der Waals surface area contributed by atoms with Gasteiger partial charge in [0.1, 0.15) is 0 Å². The highest BCUT2D eigenvalue weighted by Gasteiger charge is 2.26. The number of pyridine rings is 2. The lowest BCUT2D eigenvalue weighted by Gasteiger charge is -2.33. The van der Waals surface area contributed by atoms with Crippen LogP contribution < -0.4 is 16.2 Å². The summed E-state index contributed by atoms with van der Waals surface area (Å²) in [6.07, 6.45) is 2.82. The molecule has 1 fully saturated rings. The molecule has 0 spiro atoms. The zero-order chi connectivity index (χ0) is 17.1. The fourth-order valence-corrected chi connectivity index (χ4v) is 3.01. The summed E-state index contributed by atoms with van der Waals surface area (Å²) >= 11 is 0. The van der Waals surface area contributed by atoms with Crippen LogP contribution in [0.4, 0.5) is 5.82 Å². The van der Waals surface area contributed by atoms with E-state index in [2.05, 4.69) is 34.4 Å². The van der Waals surface area contributed by atoms with Crippen LogP contribution in [-0.2, 0) is 4.74 Å². The summed E-state index contributed by atoms with van der Waals surface area (Å²) in [5.74, 6) is 1.22. The van der Waals surface area contributed by atoms with Crippen molar-refractivity contribution in [2.24, 2.45) is 5.92 Å². The molecule has 1 saturated heterocycles. The normalized spacial score (nSPS) is 21.3. The van der Waals surface area contributed by atoms with Gasteiger partial charge in [-0.05, 0) is 37.9 Å². The van der Waals surface area contributed by atoms with Gasteiger partial charge in [-0.25, -0.2) is 4.98 Å². The van der Waals surface area contributed by atoms with E-state index in [0.717, 1.165) is 42.8 Å². The molecule has 0 bridgehead atoms. The van der Waals surface area contributed by atoms with Gasteiger partial charge in [-0.2, -0.15) is 0 Å². The lowest BCUT2D eigenvalue weighted by Crippen LogP contribution is -2.49. The van der Waals surface area contributed by atoms with Gasteiger partial charge in [0.15, 0.2) is 5.82 Å². The Hall–Kier alpha value is -1.92. The Morgan fingerprint density at radius 1 is 1.46 bits per heavy atom. The largest absolute Gasteiger partial charge is 0.374 e. The Labute approximate surface area is 142 Å². The fourth-order valence-electron chi connectivity index (χ4n) is 3.01. The van der Waals surface area contributed by atoms with Gasteiger partial charge in [-0.15, -0.1) is 0 Å². The van der Waals surface area contributed by atoms with Crippen molar-refractivity contribution in [1.29, 1.82) is 0 Å². The molecule has 2 atom stereocenters. The molecule has 1 aliphatic heterocycles. The second-order valence-corrected chi connectivity index (χ2v) is 6.91. The highest BCUT2D eigenvalue weighted by atomic mass is 16.5. The molecule has 0 radical (unpaired) electrons. The Bertz CT molecular complexity index is 756. The van der Waals surface area contributed by atoms with Crippen molar-refractivity contribution in [2.75, 3.05) is 25.0 Å². The first kappa shape index (κ1) is 16.9. The van der Waals surface area contributed by atoms with Gasteiger partial charge in [0.25, 0.3) is 5.56 Å². The van der Waals surface area contributed by atoms with Crippen molar-refractivity contribution in [3.63, 3.8) is 0 Å². The van der Waals surface area contributed by atoms with Crippen molar-refractivity contribution < 1.29 is 4.74 Å². The summed E-state index contributed by atoms with van der Waals surface area (Å²) < 4.78 is 6.06. The van der Waals surface area contributed by atoms with E-state index in [1.807, 2.05) is 19.1 Å². The lowest BCUT2D eigenvalue weighted by molar-refractivity contribution is 0.0142. The molecule has 24 heavy (non-hydrogen) atoms. The Morgan fingerprint density at radius 2 is 2.29 bits per heavy atom. The van der Waals surface area contributed by atoms with Crippen LogP contribution in [0.3, 0.4) is 0 Å². The highest BCUT2D eigenvalue weighted by Crippen LogP contribution is 2.21.